The maximum absolute atomic E-state index is 11.8. The third-order valence-electron chi connectivity index (χ3n) is 2.27. The fraction of sp³-hybridized carbons (Fsp3) is 1.00. The Morgan fingerprint density at radius 3 is 1.94 bits per heavy atom. The number of hydrogen-bond donors (Lipinski definition) is 0. The Hall–Kier alpha value is -0.0900. The van der Waals surface area contributed by atoms with Gasteiger partial charge in [-0.1, -0.05) is 27.7 Å². The summed E-state index contributed by atoms with van der Waals surface area (Å²) in [6, 6.07) is 0. The minimum Gasteiger partial charge on any atom is -0.309 e. The Labute approximate surface area is 109 Å². The van der Waals surface area contributed by atoms with Crippen LogP contribution >= 0.6 is 0 Å². The van der Waals surface area contributed by atoms with E-state index < -0.39 is 9.73 Å². The van der Waals surface area contributed by atoms with Crippen molar-refractivity contribution < 1.29 is 4.21 Å². The van der Waals surface area contributed by atoms with Crippen molar-refractivity contribution >= 4 is 9.73 Å². The van der Waals surface area contributed by atoms with Gasteiger partial charge in [0, 0.05) is 27.8 Å². The topological polar surface area (TPSA) is 32.7 Å². The highest BCUT2D eigenvalue weighted by Gasteiger charge is 2.15. The van der Waals surface area contributed by atoms with Crippen LogP contribution in [0.15, 0.2) is 4.36 Å². The molecule has 0 aromatic heterocycles. The second-order valence-electron chi connectivity index (χ2n) is 3.90. The van der Waals surface area contributed by atoms with Crippen LogP contribution in [0.4, 0.5) is 0 Å². The van der Waals surface area contributed by atoms with E-state index in [2.05, 4.69) is 23.4 Å². The van der Waals surface area contributed by atoms with Crippen molar-refractivity contribution in [3.05, 3.63) is 0 Å². The Balaban J connectivity index is 0. The molecule has 0 aliphatic carbocycles. The van der Waals surface area contributed by atoms with E-state index in [-0.39, 0.29) is 0 Å². The van der Waals surface area contributed by atoms with Gasteiger partial charge in [-0.05, 0) is 39.9 Å². The van der Waals surface area contributed by atoms with E-state index in [9.17, 15) is 4.21 Å². The van der Waals surface area contributed by atoms with Crippen molar-refractivity contribution in [1.29, 1.82) is 0 Å². The molecule has 0 N–H and O–H groups in total. The van der Waals surface area contributed by atoms with Gasteiger partial charge in [-0.2, -0.15) is 0 Å². The van der Waals surface area contributed by atoms with Gasteiger partial charge in [0.25, 0.3) is 0 Å². The van der Waals surface area contributed by atoms with Crippen LogP contribution in [0.1, 0.15) is 47.0 Å². The predicted molar refractivity (Wildman–Crippen MR) is 80.3 cm³/mol. The van der Waals surface area contributed by atoms with Gasteiger partial charge in [-0.3, -0.25) is 0 Å². The molecule has 0 bridgehead atoms. The molecule has 0 unspecified atom stereocenters. The first kappa shape index (κ1) is 19.3. The summed E-state index contributed by atoms with van der Waals surface area (Å²) in [5, 5.41) is 0. The predicted octanol–water partition coefficient (Wildman–Crippen LogP) is 3.25. The van der Waals surface area contributed by atoms with Crippen LogP contribution in [0, 0.1) is 0 Å². The molecule has 3 nitrogen and oxygen atoms in total. The first-order chi connectivity index (χ1) is 8.12. The average molecular weight is 264 g/mol. The summed E-state index contributed by atoms with van der Waals surface area (Å²) in [6.07, 6.45) is 3.25. The molecule has 1 fully saturated rings. The average Bonchev–Trinajstić information content (AvgIpc) is 2.77. The SMILES string of the molecule is CC.CC.CN(C)CCCN=S1(=O)CCCC1. The Morgan fingerprint density at radius 1 is 1.06 bits per heavy atom. The Bertz CT molecular complexity index is 244. The molecule has 0 spiro atoms. The van der Waals surface area contributed by atoms with E-state index in [1.54, 1.807) is 0 Å². The van der Waals surface area contributed by atoms with Crippen molar-refractivity contribution in [2.75, 3.05) is 38.7 Å². The van der Waals surface area contributed by atoms with Gasteiger partial charge in [0.1, 0.15) is 0 Å². The molecule has 0 aromatic carbocycles. The van der Waals surface area contributed by atoms with Crippen LogP contribution in [0.5, 0.6) is 0 Å². The van der Waals surface area contributed by atoms with E-state index >= 15 is 0 Å². The minimum atomic E-state index is -1.75. The molecule has 1 aliphatic heterocycles. The molecule has 0 saturated carbocycles. The summed E-state index contributed by atoms with van der Waals surface area (Å²) in [4.78, 5) is 2.14. The first-order valence-corrected chi connectivity index (χ1v) is 8.81. The van der Waals surface area contributed by atoms with Crippen molar-refractivity contribution in [3.8, 4) is 0 Å². The molecule has 1 rings (SSSR count). The van der Waals surface area contributed by atoms with Gasteiger partial charge in [-0.15, -0.1) is 0 Å². The van der Waals surface area contributed by atoms with Gasteiger partial charge < -0.3 is 4.90 Å². The van der Waals surface area contributed by atoms with Gasteiger partial charge in [0.2, 0.25) is 0 Å². The molecule has 106 valence electrons. The van der Waals surface area contributed by atoms with Crippen LogP contribution < -0.4 is 0 Å². The van der Waals surface area contributed by atoms with Crippen LogP contribution in [0.25, 0.3) is 0 Å². The maximum Gasteiger partial charge on any atom is 0.0496 e. The summed E-state index contributed by atoms with van der Waals surface area (Å²) in [5.41, 5.74) is 0. The van der Waals surface area contributed by atoms with E-state index in [0.717, 1.165) is 43.9 Å². The standard InChI is InChI=1S/C9H20N2OS.2C2H6/c1-11(2)7-5-6-10-13(12)8-3-4-9-13;2*1-2/h3-9H2,1-2H3;2*1-2H3. The van der Waals surface area contributed by atoms with E-state index in [1.165, 1.54) is 0 Å². The van der Waals surface area contributed by atoms with Gasteiger partial charge in [0.05, 0.1) is 0 Å². The molecule has 0 atom stereocenters. The molecule has 1 saturated heterocycles. The molecule has 17 heavy (non-hydrogen) atoms. The monoisotopic (exact) mass is 264 g/mol. The largest absolute Gasteiger partial charge is 0.309 e. The summed E-state index contributed by atoms with van der Waals surface area (Å²) in [5.74, 6) is 1.68. The fourth-order valence-corrected chi connectivity index (χ4v) is 3.74. The lowest BCUT2D eigenvalue weighted by Crippen LogP contribution is -2.14. The van der Waals surface area contributed by atoms with Crippen molar-refractivity contribution in [3.63, 3.8) is 0 Å². The number of rotatable bonds is 4. The molecule has 1 aliphatic rings. The minimum absolute atomic E-state index is 0.775. The summed E-state index contributed by atoms with van der Waals surface area (Å²) >= 11 is 0. The normalized spacial score (nSPS) is 16.6. The lowest BCUT2D eigenvalue weighted by Gasteiger charge is -2.07. The van der Waals surface area contributed by atoms with Crippen molar-refractivity contribution in [2.45, 2.75) is 47.0 Å². The highest BCUT2D eigenvalue weighted by molar-refractivity contribution is 7.93. The molecule has 1 heterocycles. The molecule has 4 heteroatoms. The van der Waals surface area contributed by atoms with Crippen molar-refractivity contribution in [1.82, 2.24) is 4.90 Å². The second-order valence-corrected chi connectivity index (χ2v) is 6.52. The maximum atomic E-state index is 11.8. The highest BCUT2D eigenvalue weighted by atomic mass is 32.2. The summed E-state index contributed by atoms with van der Waals surface area (Å²) in [6.45, 7) is 9.82. The molecule has 0 radical (unpaired) electrons. The van der Waals surface area contributed by atoms with Crippen LogP contribution in [0.3, 0.4) is 0 Å². The molecule has 0 amide bonds. The lowest BCUT2D eigenvalue weighted by molar-refractivity contribution is 0.403. The van der Waals surface area contributed by atoms with E-state index in [0.29, 0.717) is 0 Å². The van der Waals surface area contributed by atoms with Gasteiger partial charge >= 0.3 is 0 Å². The van der Waals surface area contributed by atoms with Crippen molar-refractivity contribution in [2.24, 2.45) is 4.36 Å². The molecular formula is C13H32N2OS. The Morgan fingerprint density at radius 2 is 1.53 bits per heavy atom. The van der Waals surface area contributed by atoms with E-state index in [1.807, 2.05) is 27.7 Å². The summed E-state index contributed by atoms with van der Waals surface area (Å²) < 4.78 is 16.2. The number of hydrogen-bond acceptors (Lipinski definition) is 3. The zero-order valence-corrected chi connectivity index (χ0v) is 13.5. The smallest absolute Gasteiger partial charge is 0.0496 e. The number of nitrogens with zero attached hydrogens (tertiary/aromatic N) is 2. The van der Waals surface area contributed by atoms with Gasteiger partial charge in [-0.25, -0.2) is 8.57 Å². The fourth-order valence-electron chi connectivity index (χ4n) is 1.50. The van der Waals surface area contributed by atoms with Gasteiger partial charge in [0.15, 0.2) is 0 Å². The quantitative estimate of drug-likeness (QED) is 0.730. The first-order valence-electron chi connectivity index (χ1n) is 6.95. The Kier molecular flexibility index (Phi) is 14.0. The molecular weight excluding hydrogens is 232 g/mol. The van der Waals surface area contributed by atoms with Crippen LogP contribution in [-0.4, -0.2) is 47.8 Å². The molecule has 0 aromatic rings. The lowest BCUT2D eigenvalue weighted by atomic mass is 10.4. The zero-order valence-electron chi connectivity index (χ0n) is 12.7. The third kappa shape index (κ3) is 10.8. The second kappa shape index (κ2) is 12.4. The summed E-state index contributed by atoms with van der Waals surface area (Å²) in [7, 11) is 2.36. The zero-order chi connectivity index (χ0) is 13.7. The van der Waals surface area contributed by atoms with Crippen LogP contribution in [0.2, 0.25) is 0 Å². The van der Waals surface area contributed by atoms with E-state index in [4.69, 9.17) is 0 Å². The van der Waals surface area contributed by atoms with Crippen LogP contribution in [-0.2, 0) is 9.73 Å². The highest BCUT2D eigenvalue weighted by Crippen LogP contribution is 2.13. The third-order valence-corrected chi connectivity index (χ3v) is 4.77.